The fourth-order valence-electron chi connectivity index (χ4n) is 2.49. The molecule has 1 fully saturated rings. The summed E-state index contributed by atoms with van der Waals surface area (Å²) in [6.07, 6.45) is 0.884. The number of ether oxygens (including phenoxy) is 1. The third kappa shape index (κ3) is 4.21. The van der Waals surface area contributed by atoms with Gasteiger partial charge in [0.1, 0.15) is 5.75 Å². The lowest BCUT2D eigenvalue weighted by molar-refractivity contribution is -0.128. The fraction of sp³-hybridized carbons (Fsp3) is 0.588. The maximum absolute atomic E-state index is 11.9. The van der Waals surface area contributed by atoms with E-state index in [9.17, 15) is 4.79 Å². The number of likely N-dealkylation sites (N-methyl/N-ethyl adjacent to an activating group) is 1. The van der Waals surface area contributed by atoms with Crippen molar-refractivity contribution in [1.82, 2.24) is 10.2 Å². The van der Waals surface area contributed by atoms with Gasteiger partial charge in [-0.1, -0.05) is 26.0 Å². The van der Waals surface area contributed by atoms with Crippen molar-refractivity contribution < 1.29 is 9.53 Å². The van der Waals surface area contributed by atoms with Crippen molar-refractivity contribution in [1.29, 1.82) is 0 Å². The van der Waals surface area contributed by atoms with Crippen LogP contribution in [0.4, 0.5) is 0 Å². The number of hydrogen-bond acceptors (Lipinski definition) is 3. The van der Waals surface area contributed by atoms with Crippen LogP contribution in [0, 0.1) is 5.92 Å². The Morgan fingerprint density at radius 3 is 2.48 bits per heavy atom. The van der Waals surface area contributed by atoms with E-state index in [2.05, 4.69) is 38.2 Å². The molecular formula is C17H26N2O2. The van der Waals surface area contributed by atoms with Gasteiger partial charge in [-0.2, -0.15) is 0 Å². The van der Waals surface area contributed by atoms with Crippen LogP contribution in [0.15, 0.2) is 24.3 Å². The molecule has 4 heteroatoms. The highest BCUT2D eigenvalue weighted by atomic mass is 16.5. The molecule has 1 aromatic rings. The van der Waals surface area contributed by atoms with Crippen LogP contribution in [0.3, 0.4) is 0 Å². The number of nitrogens with one attached hydrogen (secondary N) is 1. The minimum atomic E-state index is -0.0538. The monoisotopic (exact) mass is 290 g/mol. The lowest BCUT2D eigenvalue weighted by Crippen LogP contribution is -2.38. The van der Waals surface area contributed by atoms with Crippen LogP contribution >= 0.6 is 0 Å². The van der Waals surface area contributed by atoms with Crippen LogP contribution < -0.4 is 10.1 Å². The van der Waals surface area contributed by atoms with Crippen molar-refractivity contribution in [2.24, 2.45) is 5.92 Å². The predicted molar refractivity (Wildman–Crippen MR) is 84.4 cm³/mol. The highest BCUT2D eigenvalue weighted by Crippen LogP contribution is 2.20. The highest BCUT2D eigenvalue weighted by molar-refractivity contribution is 5.83. The van der Waals surface area contributed by atoms with Gasteiger partial charge in [-0.25, -0.2) is 0 Å². The number of amides is 1. The van der Waals surface area contributed by atoms with Crippen LogP contribution in [-0.4, -0.2) is 37.0 Å². The first kappa shape index (κ1) is 15.8. The number of hydrogen-bond donors (Lipinski definition) is 1. The molecular weight excluding hydrogens is 264 g/mol. The molecule has 0 saturated carbocycles. The lowest BCUT2D eigenvalue weighted by Gasteiger charge is -2.19. The van der Waals surface area contributed by atoms with Gasteiger partial charge in [-0.05, 0) is 37.0 Å². The molecule has 0 aliphatic carbocycles. The van der Waals surface area contributed by atoms with Gasteiger partial charge in [0, 0.05) is 19.6 Å². The van der Waals surface area contributed by atoms with Crippen LogP contribution in [0.5, 0.6) is 5.75 Å². The van der Waals surface area contributed by atoms with Gasteiger partial charge in [-0.15, -0.1) is 0 Å². The second kappa shape index (κ2) is 6.94. The zero-order chi connectivity index (χ0) is 15.4. The smallest absolute Gasteiger partial charge is 0.239 e. The Kier molecular flexibility index (Phi) is 5.23. The van der Waals surface area contributed by atoms with E-state index >= 15 is 0 Å². The molecule has 1 N–H and O–H groups in total. The largest absolute Gasteiger partial charge is 0.493 e. The summed E-state index contributed by atoms with van der Waals surface area (Å²) in [7, 11) is 1.86. The van der Waals surface area contributed by atoms with E-state index in [-0.39, 0.29) is 18.0 Å². The van der Waals surface area contributed by atoms with Crippen molar-refractivity contribution in [2.45, 2.75) is 39.3 Å². The van der Waals surface area contributed by atoms with Crippen molar-refractivity contribution in [2.75, 3.05) is 20.2 Å². The van der Waals surface area contributed by atoms with E-state index in [4.69, 9.17) is 4.74 Å². The normalized spacial score (nSPS) is 20.1. The Bertz CT molecular complexity index is 470. The van der Waals surface area contributed by atoms with E-state index in [1.54, 1.807) is 4.90 Å². The van der Waals surface area contributed by atoms with Gasteiger partial charge in [0.2, 0.25) is 5.91 Å². The molecule has 1 aromatic carbocycles. The summed E-state index contributed by atoms with van der Waals surface area (Å²) in [5.41, 5.74) is 1.18. The van der Waals surface area contributed by atoms with Crippen LogP contribution in [-0.2, 0) is 4.79 Å². The zero-order valence-electron chi connectivity index (χ0n) is 13.4. The first-order valence-electron chi connectivity index (χ1n) is 7.71. The molecule has 4 nitrogen and oxygen atoms in total. The van der Waals surface area contributed by atoms with Gasteiger partial charge >= 0.3 is 0 Å². The quantitative estimate of drug-likeness (QED) is 0.875. The molecule has 1 heterocycles. The molecule has 0 spiro atoms. The van der Waals surface area contributed by atoms with Gasteiger partial charge < -0.3 is 9.64 Å². The molecule has 0 radical (unpaired) electrons. The molecule has 1 aliphatic rings. The van der Waals surface area contributed by atoms with Gasteiger partial charge in [0.25, 0.3) is 0 Å². The summed E-state index contributed by atoms with van der Waals surface area (Å²) in [4.78, 5) is 13.7. The van der Waals surface area contributed by atoms with E-state index in [1.807, 2.05) is 19.2 Å². The topological polar surface area (TPSA) is 41.6 Å². The van der Waals surface area contributed by atoms with Crippen molar-refractivity contribution in [3.8, 4) is 5.75 Å². The summed E-state index contributed by atoms with van der Waals surface area (Å²) in [6, 6.07) is 8.23. The Balaban J connectivity index is 1.90. The molecule has 1 saturated heterocycles. The van der Waals surface area contributed by atoms with Gasteiger partial charge in [0.05, 0.1) is 12.6 Å². The second-order valence-corrected chi connectivity index (χ2v) is 6.26. The molecule has 0 bridgehead atoms. The number of rotatable bonds is 6. The average molecular weight is 290 g/mol. The van der Waals surface area contributed by atoms with Crippen LogP contribution in [0.25, 0.3) is 0 Å². The molecule has 0 aromatic heterocycles. The summed E-state index contributed by atoms with van der Waals surface area (Å²) in [6.45, 7) is 7.93. The lowest BCUT2D eigenvalue weighted by atomic mass is 10.1. The summed E-state index contributed by atoms with van der Waals surface area (Å²) < 4.78 is 5.69. The van der Waals surface area contributed by atoms with Crippen LogP contribution in [0.1, 0.15) is 38.8 Å². The molecule has 116 valence electrons. The number of benzene rings is 1. The van der Waals surface area contributed by atoms with E-state index in [0.29, 0.717) is 5.92 Å². The van der Waals surface area contributed by atoms with Crippen molar-refractivity contribution in [3.63, 3.8) is 0 Å². The number of carbonyl (C=O) groups excluding carboxylic acids is 1. The van der Waals surface area contributed by atoms with Crippen molar-refractivity contribution >= 4 is 5.91 Å². The Labute approximate surface area is 127 Å². The number of carbonyl (C=O) groups is 1. The van der Waals surface area contributed by atoms with E-state index in [1.165, 1.54) is 5.56 Å². The fourth-order valence-corrected chi connectivity index (χ4v) is 2.49. The van der Waals surface area contributed by atoms with Gasteiger partial charge in [0.15, 0.2) is 0 Å². The number of nitrogens with zero attached hydrogens (tertiary/aromatic N) is 1. The summed E-state index contributed by atoms with van der Waals surface area (Å²) in [5, 5.41) is 3.41. The minimum absolute atomic E-state index is 0.0538. The minimum Gasteiger partial charge on any atom is -0.493 e. The molecule has 21 heavy (non-hydrogen) atoms. The second-order valence-electron chi connectivity index (χ2n) is 6.26. The number of likely N-dealkylation sites (tertiary alicyclic amines) is 1. The predicted octanol–water partition coefficient (Wildman–Crippen LogP) is 2.60. The first-order chi connectivity index (χ1) is 9.97. The molecule has 2 rings (SSSR count). The average Bonchev–Trinajstić information content (AvgIpc) is 2.77. The third-order valence-corrected chi connectivity index (χ3v) is 3.84. The zero-order valence-corrected chi connectivity index (χ0v) is 13.4. The van der Waals surface area contributed by atoms with Gasteiger partial charge in [-0.3, -0.25) is 10.1 Å². The first-order valence-corrected chi connectivity index (χ1v) is 7.71. The standard InChI is InChI=1S/C17H26N2O2/c1-12(2)11-21-15-7-5-14(6-8-15)13(3)18-16-9-10-19(4)17(16)20/h5-8,12-13,16,18H,9-11H2,1-4H3. The maximum Gasteiger partial charge on any atom is 0.239 e. The highest BCUT2D eigenvalue weighted by Gasteiger charge is 2.29. The molecule has 2 unspecified atom stereocenters. The van der Waals surface area contributed by atoms with E-state index in [0.717, 1.165) is 25.3 Å². The summed E-state index contributed by atoms with van der Waals surface area (Å²) >= 11 is 0. The van der Waals surface area contributed by atoms with Crippen molar-refractivity contribution in [3.05, 3.63) is 29.8 Å². The Morgan fingerprint density at radius 2 is 1.95 bits per heavy atom. The summed E-state index contributed by atoms with van der Waals surface area (Å²) in [5.74, 6) is 1.62. The molecule has 1 amide bonds. The maximum atomic E-state index is 11.9. The Morgan fingerprint density at radius 1 is 1.29 bits per heavy atom. The molecule has 2 atom stereocenters. The third-order valence-electron chi connectivity index (χ3n) is 3.84. The molecule has 1 aliphatic heterocycles. The Hall–Kier alpha value is -1.55. The SMILES string of the molecule is CC(C)COc1ccc(C(C)NC2CCN(C)C2=O)cc1. The van der Waals surface area contributed by atoms with Crippen LogP contribution in [0.2, 0.25) is 0 Å². The van der Waals surface area contributed by atoms with E-state index < -0.39 is 0 Å².